The molecule has 1 fully saturated rings. The zero-order chi connectivity index (χ0) is 17.8. The van der Waals surface area contributed by atoms with Crippen molar-refractivity contribution >= 4 is 5.97 Å². The molecule has 0 amide bonds. The van der Waals surface area contributed by atoms with Gasteiger partial charge in [0, 0.05) is 0 Å². The molecule has 25 heavy (non-hydrogen) atoms. The van der Waals surface area contributed by atoms with Crippen LogP contribution in [0.25, 0.3) is 11.1 Å². The number of hydrogen-bond acceptors (Lipinski definition) is 3. The van der Waals surface area contributed by atoms with Gasteiger partial charge in [0.1, 0.15) is 12.4 Å². The fourth-order valence-electron chi connectivity index (χ4n) is 3.13. The minimum absolute atomic E-state index is 0.0747. The minimum atomic E-state index is -0.906. The summed E-state index contributed by atoms with van der Waals surface area (Å²) in [6.07, 6.45) is 2.02. The molecular formula is C21H24O4. The normalized spacial score (nSPS) is 19.5. The molecule has 2 aromatic rings. The highest BCUT2D eigenvalue weighted by atomic mass is 16.5. The first-order valence-corrected chi connectivity index (χ1v) is 8.71. The third kappa shape index (κ3) is 4.60. The zero-order valence-electron chi connectivity index (χ0n) is 14.6. The maximum absolute atomic E-state index is 10.5. The number of ether oxygens (including phenoxy) is 2. The van der Waals surface area contributed by atoms with Gasteiger partial charge < -0.3 is 14.6 Å². The van der Waals surface area contributed by atoms with Gasteiger partial charge >= 0.3 is 5.97 Å². The molecule has 0 unspecified atom stereocenters. The Labute approximate surface area is 148 Å². The first kappa shape index (κ1) is 17.5. The summed E-state index contributed by atoms with van der Waals surface area (Å²) in [5, 5.41) is 8.64. The molecule has 0 saturated heterocycles. The smallest absolute Gasteiger partial charge is 0.329 e. The molecule has 1 N–H and O–H groups in total. The summed E-state index contributed by atoms with van der Waals surface area (Å²) in [6.45, 7) is 3.84. The third-order valence-corrected chi connectivity index (χ3v) is 4.46. The van der Waals surface area contributed by atoms with Crippen LogP contribution in [0.2, 0.25) is 0 Å². The molecule has 3 rings (SSSR count). The zero-order valence-corrected chi connectivity index (χ0v) is 14.6. The maximum Gasteiger partial charge on any atom is 0.329 e. The van der Waals surface area contributed by atoms with E-state index >= 15 is 0 Å². The highest BCUT2D eigenvalue weighted by molar-refractivity contribution is 5.68. The second kappa shape index (κ2) is 7.70. The van der Waals surface area contributed by atoms with E-state index in [1.807, 2.05) is 26.0 Å². The average molecular weight is 340 g/mol. The first-order chi connectivity index (χ1) is 12.0. The Morgan fingerprint density at radius 1 is 1.12 bits per heavy atom. The largest absolute Gasteiger partial charge is 0.491 e. The Hall–Kier alpha value is -2.33. The van der Waals surface area contributed by atoms with E-state index in [9.17, 15) is 4.79 Å². The van der Waals surface area contributed by atoms with Crippen LogP contribution in [0.3, 0.4) is 0 Å². The maximum atomic E-state index is 10.5. The molecule has 1 aliphatic rings. The van der Waals surface area contributed by atoms with Crippen molar-refractivity contribution in [3.05, 3.63) is 54.1 Å². The summed E-state index contributed by atoms with van der Waals surface area (Å²) in [7, 11) is 0. The molecule has 0 radical (unpaired) electrons. The molecule has 0 heterocycles. The van der Waals surface area contributed by atoms with Gasteiger partial charge in [-0.05, 0) is 61.4 Å². The standard InChI is InChI=1S/C21H24O4/c1-14(2)25-19-5-3-4-17(10-19)15-6-8-16(9-7-15)18-11-20(12-18)24-13-21(22)23/h3-10,14,18,20H,11-13H2,1-2H3,(H,22,23). The van der Waals surface area contributed by atoms with Gasteiger partial charge in [-0.1, -0.05) is 36.4 Å². The van der Waals surface area contributed by atoms with E-state index in [0.717, 1.165) is 29.7 Å². The molecule has 4 nitrogen and oxygen atoms in total. The molecule has 0 aromatic heterocycles. The van der Waals surface area contributed by atoms with E-state index in [0.29, 0.717) is 5.92 Å². The van der Waals surface area contributed by atoms with Crippen LogP contribution in [0.5, 0.6) is 5.75 Å². The number of carbonyl (C=O) groups is 1. The van der Waals surface area contributed by atoms with Crippen molar-refractivity contribution in [2.24, 2.45) is 0 Å². The number of carboxylic acids is 1. The fourth-order valence-corrected chi connectivity index (χ4v) is 3.13. The fraction of sp³-hybridized carbons (Fsp3) is 0.381. The van der Waals surface area contributed by atoms with Crippen molar-refractivity contribution in [3.8, 4) is 16.9 Å². The molecule has 1 aliphatic carbocycles. The second-order valence-corrected chi connectivity index (χ2v) is 6.81. The van der Waals surface area contributed by atoms with Crippen LogP contribution in [0.1, 0.15) is 38.2 Å². The Kier molecular flexibility index (Phi) is 5.39. The Morgan fingerprint density at radius 2 is 1.84 bits per heavy atom. The summed E-state index contributed by atoms with van der Waals surface area (Å²) < 4.78 is 11.1. The summed E-state index contributed by atoms with van der Waals surface area (Å²) >= 11 is 0. The van der Waals surface area contributed by atoms with Gasteiger partial charge in [-0.3, -0.25) is 0 Å². The van der Waals surface area contributed by atoms with Crippen molar-refractivity contribution in [2.75, 3.05) is 6.61 Å². The van der Waals surface area contributed by atoms with Gasteiger partial charge in [0.05, 0.1) is 12.2 Å². The highest BCUT2D eigenvalue weighted by Gasteiger charge is 2.31. The van der Waals surface area contributed by atoms with Crippen molar-refractivity contribution in [1.82, 2.24) is 0 Å². The van der Waals surface area contributed by atoms with Crippen LogP contribution in [-0.2, 0) is 9.53 Å². The SMILES string of the molecule is CC(C)Oc1cccc(-c2ccc(C3CC(OCC(=O)O)C3)cc2)c1. The van der Waals surface area contributed by atoms with Crippen LogP contribution in [-0.4, -0.2) is 29.9 Å². The number of benzene rings is 2. The van der Waals surface area contributed by atoms with Crippen LogP contribution in [0.4, 0.5) is 0 Å². The molecule has 0 atom stereocenters. The lowest BCUT2D eigenvalue weighted by Crippen LogP contribution is -2.31. The summed E-state index contributed by atoms with van der Waals surface area (Å²) in [4.78, 5) is 10.5. The van der Waals surface area contributed by atoms with Crippen molar-refractivity contribution in [3.63, 3.8) is 0 Å². The number of carboxylic acid groups (broad SMARTS) is 1. The van der Waals surface area contributed by atoms with Gasteiger partial charge in [-0.25, -0.2) is 4.79 Å². The summed E-state index contributed by atoms with van der Waals surface area (Å²) in [6, 6.07) is 16.7. The number of hydrogen-bond donors (Lipinski definition) is 1. The second-order valence-electron chi connectivity index (χ2n) is 6.81. The van der Waals surface area contributed by atoms with Crippen LogP contribution >= 0.6 is 0 Å². The minimum Gasteiger partial charge on any atom is -0.491 e. The van der Waals surface area contributed by atoms with Crippen LogP contribution in [0.15, 0.2) is 48.5 Å². The number of aliphatic carboxylic acids is 1. The molecular weight excluding hydrogens is 316 g/mol. The molecule has 2 aromatic carbocycles. The van der Waals surface area contributed by atoms with Gasteiger partial charge in [0.2, 0.25) is 0 Å². The van der Waals surface area contributed by atoms with E-state index < -0.39 is 5.97 Å². The molecule has 132 valence electrons. The predicted octanol–water partition coefficient (Wildman–Crippen LogP) is 4.49. The first-order valence-electron chi connectivity index (χ1n) is 8.71. The van der Waals surface area contributed by atoms with Crippen LogP contribution in [0, 0.1) is 0 Å². The van der Waals surface area contributed by atoms with Crippen molar-refractivity contribution < 1.29 is 19.4 Å². The Bertz CT molecular complexity index is 715. The molecule has 0 aliphatic heterocycles. The lowest BCUT2D eigenvalue weighted by Gasteiger charge is -2.35. The van der Waals surface area contributed by atoms with Gasteiger partial charge in [0.15, 0.2) is 0 Å². The molecule has 0 bridgehead atoms. The highest BCUT2D eigenvalue weighted by Crippen LogP contribution is 2.39. The summed E-state index contributed by atoms with van der Waals surface area (Å²) in [5.74, 6) is 0.439. The Morgan fingerprint density at radius 3 is 2.48 bits per heavy atom. The van der Waals surface area contributed by atoms with E-state index in [1.165, 1.54) is 5.56 Å². The monoisotopic (exact) mass is 340 g/mol. The van der Waals surface area contributed by atoms with Gasteiger partial charge in [-0.15, -0.1) is 0 Å². The molecule has 1 saturated carbocycles. The third-order valence-electron chi connectivity index (χ3n) is 4.46. The summed E-state index contributed by atoms with van der Waals surface area (Å²) in [5.41, 5.74) is 3.59. The van der Waals surface area contributed by atoms with Crippen LogP contribution < -0.4 is 4.74 Å². The lowest BCUT2D eigenvalue weighted by molar-refractivity contribution is -0.146. The van der Waals surface area contributed by atoms with Gasteiger partial charge in [0.25, 0.3) is 0 Å². The van der Waals surface area contributed by atoms with Crippen molar-refractivity contribution in [1.29, 1.82) is 0 Å². The Balaban J connectivity index is 1.61. The average Bonchev–Trinajstić information content (AvgIpc) is 2.53. The topological polar surface area (TPSA) is 55.8 Å². The lowest BCUT2D eigenvalue weighted by atomic mass is 9.77. The molecule has 0 spiro atoms. The van der Waals surface area contributed by atoms with Crippen molar-refractivity contribution in [2.45, 2.75) is 44.8 Å². The van der Waals surface area contributed by atoms with E-state index in [4.69, 9.17) is 14.6 Å². The predicted molar refractivity (Wildman–Crippen MR) is 97.0 cm³/mol. The molecule has 4 heteroatoms. The van der Waals surface area contributed by atoms with E-state index in [1.54, 1.807) is 0 Å². The van der Waals surface area contributed by atoms with E-state index in [-0.39, 0.29) is 18.8 Å². The number of rotatable bonds is 7. The van der Waals surface area contributed by atoms with E-state index in [2.05, 4.69) is 36.4 Å². The quantitative estimate of drug-likeness (QED) is 0.807. The van der Waals surface area contributed by atoms with Gasteiger partial charge in [-0.2, -0.15) is 0 Å².